The van der Waals surface area contributed by atoms with E-state index in [1.165, 1.54) is 100 Å². The Morgan fingerprint density at radius 2 is 1.32 bits per heavy atom. The lowest BCUT2D eigenvalue weighted by Gasteiger charge is -2.36. The molecular weight excluding hydrogens is 601 g/mol. The molecule has 47 heavy (non-hydrogen) atoms. The van der Waals surface area contributed by atoms with Crippen molar-refractivity contribution in [1.29, 1.82) is 0 Å². The van der Waals surface area contributed by atoms with E-state index < -0.39 is 0 Å². The molecule has 0 unspecified atom stereocenters. The fourth-order valence-electron chi connectivity index (χ4n) is 5.92. The number of carbonyl (C=O) groups is 1. The van der Waals surface area contributed by atoms with Crippen LogP contribution < -0.4 is 5.32 Å². The minimum Gasteiger partial charge on any atom is -0.449 e. The molecule has 2 aliphatic rings. The molecule has 1 N–H and O–H groups in total. The summed E-state index contributed by atoms with van der Waals surface area (Å²) in [6, 6.07) is 10.5. The molecule has 0 spiro atoms. The summed E-state index contributed by atoms with van der Waals surface area (Å²) in [5, 5.41) is 4.74. The highest BCUT2D eigenvalue weighted by molar-refractivity contribution is 7.16. The number of nitrogens with one attached hydrogen (secondary N) is 1. The van der Waals surface area contributed by atoms with E-state index in [1.54, 1.807) is 11.3 Å². The van der Waals surface area contributed by atoms with Crippen LogP contribution in [0.5, 0.6) is 0 Å². The lowest BCUT2D eigenvalue weighted by molar-refractivity contribution is -0.149. The molecule has 4 rings (SSSR count). The molecule has 2 aliphatic heterocycles. The highest BCUT2D eigenvalue weighted by atomic mass is 32.1. The summed E-state index contributed by atoms with van der Waals surface area (Å²) in [5.41, 5.74) is 3.20. The van der Waals surface area contributed by atoms with Crippen LogP contribution in [-0.2, 0) is 9.53 Å². The van der Waals surface area contributed by atoms with E-state index in [0.29, 0.717) is 13.2 Å². The first kappa shape index (κ1) is 40.8. The molecule has 6 nitrogen and oxygen atoms in total. The van der Waals surface area contributed by atoms with Crippen LogP contribution in [0.1, 0.15) is 154 Å². The number of ether oxygens (including phenoxy) is 1. The number of unbranched alkanes of at least 4 members (excludes halogenated alkanes) is 14. The van der Waals surface area contributed by atoms with Crippen molar-refractivity contribution in [3.8, 4) is 0 Å². The molecule has 1 aromatic heterocycles. The zero-order valence-corrected chi connectivity index (χ0v) is 31.8. The fraction of sp³-hybridized carbons (Fsp3) is 0.700. The Hall–Kier alpha value is -2.38. The van der Waals surface area contributed by atoms with Gasteiger partial charge in [0.05, 0.1) is 16.9 Å². The van der Waals surface area contributed by atoms with Crippen LogP contribution in [0.4, 0.5) is 16.4 Å². The van der Waals surface area contributed by atoms with Gasteiger partial charge in [0.25, 0.3) is 0 Å². The number of amidine groups is 1. The molecule has 266 valence electrons. The Labute approximate surface area is 292 Å². The van der Waals surface area contributed by atoms with Gasteiger partial charge in [-0.3, -0.25) is 9.69 Å². The van der Waals surface area contributed by atoms with Crippen molar-refractivity contribution in [3.05, 3.63) is 40.8 Å². The first-order valence-corrected chi connectivity index (χ1v) is 20.1. The smallest absolute Gasteiger partial charge is 0.307 e. The average molecular weight is 669 g/mol. The highest BCUT2D eigenvalue weighted by Gasteiger charge is 2.26. The summed E-state index contributed by atoms with van der Waals surface area (Å²) in [6.45, 7) is 16.7. The SMILES string of the molecule is CC.CCCCCC.CCCCCCCCCCCCCCC(=O)OCN1CCN(C2=Nc3ccccc3Nc3sc(C)cc32)CC1. The van der Waals surface area contributed by atoms with E-state index in [2.05, 4.69) is 61.0 Å². The third kappa shape index (κ3) is 16.0. The van der Waals surface area contributed by atoms with Crippen LogP contribution in [0, 0.1) is 6.92 Å². The van der Waals surface area contributed by atoms with Crippen molar-refractivity contribution >= 4 is 39.5 Å². The van der Waals surface area contributed by atoms with Crippen LogP contribution in [0.2, 0.25) is 0 Å². The maximum absolute atomic E-state index is 12.3. The maximum atomic E-state index is 12.3. The van der Waals surface area contributed by atoms with Crippen molar-refractivity contribution in [2.45, 2.75) is 151 Å². The van der Waals surface area contributed by atoms with Crippen LogP contribution in [0.15, 0.2) is 35.3 Å². The molecule has 0 aliphatic carbocycles. The van der Waals surface area contributed by atoms with Gasteiger partial charge in [-0.15, -0.1) is 11.3 Å². The fourth-order valence-corrected chi connectivity index (χ4v) is 6.84. The standard InChI is InChI=1S/C32H48N4O2S.C6H14.C2H6/c1-3-4-5-6-7-8-9-10-11-12-13-14-19-30(37)38-25-35-20-22-36(23-21-35)31-27-24-26(2)39-32(27)34-29-18-16-15-17-28(29)33-31;1-3-5-6-4-2;1-2/h15-18,24,34H,3-14,19-23,25H2,1-2H3;3-6H2,1-2H3;1-2H3. The number of piperazine rings is 1. The molecule has 3 heterocycles. The van der Waals surface area contributed by atoms with Gasteiger partial charge < -0.3 is 15.0 Å². The largest absolute Gasteiger partial charge is 0.449 e. The number of aliphatic imine (C=N–C) groups is 1. The zero-order valence-electron chi connectivity index (χ0n) is 31.0. The second-order valence-electron chi connectivity index (χ2n) is 12.8. The first-order chi connectivity index (χ1) is 23.0. The van der Waals surface area contributed by atoms with Crippen molar-refractivity contribution in [3.63, 3.8) is 0 Å². The van der Waals surface area contributed by atoms with Crippen LogP contribution in [-0.4, -0.2) is 54.5 Å². The second kappa shape index (κ2) is 25.6. The molecule has 0 radical (unpaired) electrons. The van der Waals surface area contributed by atoms with Gasteiger partial charge in [0.15, 0.2) is 0 Å². The van der Waals surface area contributed by atoms with E-state index >= 15 is 0 Å². The van der Waals surface area contributed by atoms with Crippen molar-refractivity contribution in [2.24, 2.45) is 4.99 Å². The zero-order chi connectivity index (χ0) is 34.1. The number of aryl methyl sites for hydroxylation is 1. The molecule has 0 atom stereocenters. The molecule has 0 amide bonds. The Bertz CT molecular complexity index is 1120. The van der Waals surface area contributed by atoms with Gasteiger partial charge in [0, 0.05) is 37.5 Å². The van der Waals surface area contributed by atoms with Gasteiger partial charge in [0.1, 0.15) is 17.6 Å². The normalized spacial score (nSPS) is 13.9. The van der Waals surface area contributed by atoms with Gasteiger partial charge in [-0.1, -0.05) is 143 Å². The minimum atomic E-state index is -0.0567. The summed E-state index contributed by atoms with van der Waals surface area (Å²) in [5.74, 6) is 0.981. The Kier molecular flexibility index (Phi) is 22.2. The molecular formula is C40H68N4O2S. The minimum absolute atomic E-state index is 0.0567. The Morgan fingerprint density at radius 3 is 1.91 bits per heavy atom. The number of carbonyl (C=O) groups excluding carboxylic acids is 1. The monoisotopic (exact) mass is 669 g/mol. The quantitative estimate of drug-likeness (QED) is 0.127. The Morgan fingerprint density at radius 1 is 0.787 bits per heavy atom. The predicted molar refractivity (Wildman–Crippen MR) is 206 cm³/mol. The number of thiophene rings is 1. The van der Waals surface area contributed by atoms with Gasteiger partial charge in [-0.2, -0.15) is 0 Å². The number of hydrogen-bond acceptors (Lipinski definition) is 7. The van der Waals surface area contributed by atoms with Gasteiger partial charge in [-0.05, 0) is 31.5 Å². The number of fused-ring (bicyclic) bond motifs is 2. The van der Waals surface area contributed by atoms with E-state index in [0.717, 1.165) is 61.2 Å². The second-order valence-corrected chi connectivity index (χ2v) is 14.0. The summed E-state index contributed by atoms with van der Waals surface area (Å²) >= 11 is 1.78. The van der Waals surface area contributed by atoms with E-state index in [1.807, 2.05) is 26.0 Å². The molecule has 7 heteroatoms. The number of rotatable bonds is 18. The lowest BCUT2D eigenvalue weighted by atomic mass is 10.0. The topological polar surface area (TPSA) is 57.2 Å². The molecule has 1 fully saturated rings. The van der Waals surface area contributed by atoms with Crippen molar-refractivity contribution < 1.29 is 9.53 Å². The number of esters is 1. The lowest BCUT2D eigenvalue weighted by Crippen LogP contribution is -2.49. The van der Waals surface area contributed by atoms with Crippen molar-refractivity contribution in [2.75, 3.05) is 38.2 Å². The number of para-hydroxylation sites is 2. The van der Waals surface area contributed by atoms with E-state index in [9.17, 15) is 4.79 Å². The summed E-state index contributed by atoms with van der Waals surface area (Å²) in [6.07, 6.45) is 21.7. The van der Waals surface area contributed by atoms with Gasteiger partial charge in [0.2, 0.25) is 0 Å². The Balaban J connectivity index is 0.000000863. The van der Waals surface area contributed by atoms with E-state index in [-0.39, 0.29) is 5.97 Å². The van der Waals surface area contributed by atoms with E-state index in [4.69, 9.17) is 9.73 Å². The molecule has 1 saturated heterocycles. The predicted octanol–water partition coefficient (Wildman–Crippen LogP) is 12.0. The first-order valence-electron chi connectivity index (χ1n) is 19.2. The highest BCUT2D eigenvalue weighted by Crippen LogP contribution is 2.39. The molecule has 0 saturated carbocycles. The van der Waals surface area contributed by atoms with Crippen molar-refractivity contribution in [1.82, 2.24) is 9.80 Å². The third-order valence-electron chi connectivity index (χ3n) is 8.75. The van der Waals surface area contributed by atoms with Gasteiger partial charge >= 0.3 is 5.97 Å². The van der Waals surface area contributed by atoms with Crippen LogP contribution in [0.25, 0.3) is 0 Å². The van der Waals surface area contributed by atoms with Gasteiger partial charge in [-0.25, -0.2) is 4.99 Å². The number of hydrogen-bond donors (Lipinski definition) is 1. The van der Waals surface area contributed by atoms with Crippen LogP contribution >= 0.6 is 11.3 Å². The number of nitrogens with zero attached hydrogens (tertiary/aromatic N) is 3. The third-order valence-corrected chi connectivity index (χ3v) is 9.71. The summed E-state index contributed by atoms with van der Waals surface area (Å²) in [7, 11) is 0. The van der Waals surface area contributed by atoms with Crippen LogP contribution in [0.3, 0.4) is 0 Å². The number of anilines is 2. The summed E-state index contributed by atoms with van der Waals surface area (Å²) < 4.78 is 5.62. The summed E-state index contributed by atoms with van der Waals surface area (Å²) in [4.78, 5) is 23.3. The number of benzene rings is 1. The average Bonchev–Trinajstić information content (AvgIpc) is 3.39. The molecule has 1 aromatic carbocycles. The maximum Gasteiger partial charge on any atom is 0.307 e. The molecule has 0 bridgehead atoms. The molecule has 2 aromatic rings.